The van der Waals surface area contributed by atoms with Crippen LogP contribution in [0.25, 0.3) is 0 Å². The number of nitrogens with zero attached hydrogens (tertiary/aromatic N) is 3. The second kappa shape index (κ2) is 5.93. The van der Waals surface area contributed by atoms with Crippen molar-refractivity contribution in [3.05, 3.63) is 18.0 Å². The van der Waals surface area contributed by atoms with Gasteiger partial charge in [-0.3, -0.25) is 0 Å². The normalized spacial score (nSPS) is 20.6. The molecular weight excluding hydrogens is 218 g/mol. The summed E-state index contributed by atoms with van der Waals surface area (Å²) in [5.74, 6) is 0.728. The van der Waals surface area contributed by atoms with Gasteiger partial charge in [-0.2, -0.15) is 0 Å². The molecule has 1 aliphatic rings. The molecule has 0 bridgehead atoms. The molecule has 0 aromatic carbocycles. The lowest BCUT2D eigenvalue weighted by atomic mass is 10.2. The highest BCUT2D eigenvalue weighted by atomic mass is 16.5. The zero-order valence-electron chi connectivity index (χ0n) is 10.2. The largest absolute Gasteiger partial charge is 0.394 e. The van der Waals surface area contributed by atoms with Crippen LogP contribution in [0.5, 0.6) is 0 Å². The summed E-state index contributed by atoms with van der Waals surface area (Å²) < 4.78 is 5.39. The van der Waals surface area contributed by atoms with Crippen molar-refractivity contribution in [2.24, 2.45) is 0 Å². The van der Waals surface area contributed by atoms with E-state index in [4.69, 9.17) is 9.84 Å². The Hall–Kier alpha value is -1.20. The molecular formula is C12H19N3O2. The van der Waals surface area contributed by atoms with Crippen LogP contribution in [0.1, 0.15) is 18.9 Å². The second-order valence-corrected chi connectivity index (χ2v) is 4.26. The maximum Gasteiger partial charge on any atom is 0.225 e. The van der Waals surface area contributed by atoms with Crippen LogP contribution < -0.4 is 4.90 Å². The zero-order chi connectivity index (χ0) is 12.1. The SMILES string of the molecule is CCCc1cnc(N2CCOC(CO)C2)nc1. The number of ether oxygens (including phenoxy) is 1. The van der Waals surface area contributed by atoms with Crippen molar-refractivity contribution >= 4 is 5.95 Å². The van der Waals surface area contributed by atoms with E-state index in [2.05, 4.69) is 21.8 Å². The maximum absolute atomic E-state index is 9.08. The zero-order valence-corrected chi connectivity index (χ0v) is 10.2. The van der Waals surface area contributed by atoms with Crippen LogP contribution in [0.3, 0.4) is 0 Å². The molecule has 5 nitrogen and oxygen atoms in total. The van der Waals surface area contributed by atoms with Crippen LogP contribution >= 0.6 is 0 Å². The molecule has 0 spiro atoms. The first-order valence-corrected chi connectivity index (χ1v) is 6.11. The molecule has 1 aromatic rings. The molecule has 0 radical (unpaired) electrons. The Morgan fingerprint density at radius 3 is 2.88 bits per heavy atom. The van der Waals surface area contributed by atoms with Crippen LogP contribution in [0.2, 0.25) is 0 Å². The third-order valence-electron chi connectivity index (χ3n) is 2.86. The molecule has 1 unspecified atom stereocenters. The Bertz CT molecular complexity index is 342. The van der Waals surface area contributed by atoms with Gasteiger partial charge in [-0.25, -0.2) is 9.97 Å². The molecule has 1 fully saturated rings. The Morgan fingerprint density at radius 1 is 1.47 bits per heavy atom. The van der Waals surface area contributed by atoms with Crippen molar-refractivity contribution in [3.8, 4) is 0 Å². The summed E-state index contributed by atoms with van der Waals surface area (Å²) in [6.07, 6.45) is 5.77. The highest BCUT2D eigenvalue weighted by Gasteiger charge is 2.21. The van der Waals surface area contributed by atoms with E-state index in [9.17, 15) is 0 Å². The van der Waals surface area contributed by atoms with Gasteiger partial charge in [0.25, 0.3) is 0 Å². The Morgan fingerprint density at radius 2 is 2.24 bits per heavy atom. The van der Waals surface area contributed by atoms with Crippen molar-refractivity contribution < 1.29 is 9.84 Å². The lowest BCUT2D eigenvalue weighted by Crippen LogP contribution is -2.44. The van der Waals surface area contributed by atoms with Crippen molar-refractivity contribution in [1.82, 2.24) is 9.97 Å². The average Bonchev–Trinajstić information content (AvgIpc) is 2.40. The summed E-state index contributed by atoms with van der Waals surface area (Å²) in [5.41, 5.74) is 1.17. The first kappa shape index (κ1) is 12.3. The van der Waals surface area contributed by atoms with Crippen LogP contribution in [-0.2, 0) is 11.2 Å². The molecule has 1 aromatic heterocycles. The quantitative estimate of drug-likeness (QED) is 0.832. The minimum absolute atomic E-state index is 0.0460. The van der Waals surface area contributed by atoms with Crippen molar-refractivity contribution in [2.75, 3.05) is 31.2 Å². The molecule has 1 N–H and O–H groups in total. The van der Waals surface area contributed by atoms with Gasteiger partial charge in [-0.1, -0.05) is 13.3 Å². The summed E-state index contributed by atoms with van der Waals surface area (Å²) in [6.45, 7) is 4.24. The van der Waals surface area contributed by atoms with Gasteiger partial charge in [0.2, 0.25) is 5.95 Å². The predicted octanol–water partition coefficient (Wildman–Crippen LogP) is 0.627. The fourth-order valence-electron chi connectivity index (χ4n) is 1.94. The number of hydrogen-bond donors (Lipinski definition) is 1. The molecule has 17 heavy (non-hydrogen) atoms. The Labute approximate surface area is 101 Å². The van der Waals surface area contributed by atoms with Gasteiger partial charge >= 0.3 is 0 Å². The second-order valence-electron chi connectivity index (χ2n) is 4.26. The van der Waals surface area contributed by atoms with E-state index in [0.29, 0.717) is 13.2 Å². The number of hydrogen-bond acceptors (Lipinski definition) is 5. The number of aryl methyl sites for hydroxylation is 1. The van der Waals surface area contributed by atoms with Crippen molar-refractivity contribution in [3.63, 3.8) is 0 Å². The summed E-state index contributed by atoms with van der Waals surface area (Å²) >= 11 is 0. The summed E-state index contributed by atoms with van der Waals surface area (Å²) in [4.78, 5) is 10.8. The van der Waals surface area contributed by atoms with Gasteiger partial charge in [0.15, 0.2) is 0 Å². The average molecular weight is 237 g/mol. The summed E-state index contributed by atoms with van der Waals surface area (Å²) in [5, 5.41) is 9.08. The van der Waals surface area contributed by atoms with Gasteiger partial charge in [-0.05, 0) is 12.0 Å². The molecule has 2 heterocycles. The number of aliphatic hydroxyl groups excluding tert-OH is 1. The molecule has 1 aliphatic heterocycles. The van der Waals surface area contributed by atoms with Gasteiger partial charge in [-0.15, -0.1) is 0 Å². The van der Waals surface area contributed by atoms with Crippen LogP contribution in [0.15, 0.2) is 12.4 Å². The smallest absolute Gasteiger partial charge is 0.225 e. The summed E-state index contributed by atoms with van der Waals surface area (Å²) in [6, 6.07) is 0. The third kappa shape index (κ3) is 3.14. The maximum atomic E-state index is 9.08. The highest BCUT2D eigenvalue weighted by Crippen LogP contribution is 2.13. The molecule has 0 aliphatic carbocycles. The highest BCUT2D eigenvalue weighted by molar-refractivity contribution is 5.30. The van der Waals surface area contributed by atoms with Crippen LogP contribution in [-0.4, -0.2) is 47.5 Å². The Balaban J connectivity index is 2.01. The molecule has 94 valence electrons. The fraction of sp³-hybridized carbons (Fsp3) is 0.667. The summed E-state index contributed by atoms with van der Waals surface area (Å²) in [7, 11) is 0. The monoisotopic (exact) mass is 237 g/mol. The molecule has 0 saturated carbocycles. The van der Waals surface area contributed by atoms with E-state index in [1.165, 1.54) is 5.56 Å². The predicted molar refractivity (Wildman–Crippen MR) is 65.1 cm³/mol. The first-order valence-electron chi connectivity index (χ1n) is 6.11. The lowest BCUT2D eigenvalue weighted by molar-refractivity contribution is 0.00314. The van der Waals surface area contributed by atoms with E-state index >= 15 is 0 Å². The Kier molecular flexibility index (Phi) is 4.28. The minimum atomic E-state index is -0.123. The minimum Gasteiger partial charge on any atom is -0.394 e. The van der Waals surface area contributed by atoms with Crippen LogP contribution in [0, 0.1) is 0 Å². The molecule has 1 saturated heterocycles. The van der Waals surface area contributed by atoms with E-state index in [-0.39, 0.29) is 12.7 Å². The van der Waals surface area contributed by atoms with E-state index in [0.717, 1.165) is 25.3 Å². The molecule has 0 amide bonds. The van der Waals surface area contributed by atoms with E-state index < -0.39 is 0 Å². The first-order chi connectivity index (χ1) is 8.33. The van der Waals surface area contributed by atoms with Gasteiger partial charge in [0, 0.05) is 25.5 Å². The lowest BCUT2D eigenvalue weighted by Gasteiger charge is -2.31. The molecule has 1 atom stereocenters. The number of aromatic nitrogens is 2. The fourth-order valence-corrected chi connectivity index (χ4v) is 1.94. The van der Waals surface area contributed by atoms with E-state index in [1.54, 1.807) is 0 Å². The van der Waals surface area contributed by atoms with Gasteiger partial charge < -0.3 is 14.7 Å². The third-order valence-corrected chi connectivity index (χ3v) is 2.86. The van der Waals surface area contributed by atoms with Crippen molar-refractivity contribution in [1.29, 1.82) is 0 Å². The number of rotatable bonds is 4. The van der Waals surface area contributed by atoms with Crippen LogP contribution in [0.4, 0.5) is 5.95 Å². The standard InChI is InChI=1S/C12H19N3O2/c1-2-3-10-6-13-12(14-7-10)15-4-5-17-11(8-15)9-16/h6-7,11,16H,2-5,8-9H2,1H3. The van der Waals surface area contributed by atoms with Gasteiger partial charge in [0.05, 0.1) is 19.3 Å². The molecule has 5 heteroatoms. The topological polar surface area (TPSA) is 58.5 Å². The number of morpholine rings is 1. The van der Waals surface area contributed by atoms with Gasteiger partial charge in [0.1, 0.15) is 0 Å². The van der Waals surface area contributed by atoms with Crippen molar-refractivity contribution in [2.45, 2.75) is 25.9 Å². The number of aliphatic hydroxyl groups is 1. The number of anilines is 1. The molecule has 2 rings (SSSR count). The van der Waals surface area contributed by atoms with E-state index in [1.807, 2.05) is 12.4 Å².